The largest absolute Gasteiger partial charge is 0.341 e. The summed E-state index contributed by atoms with van der Waals surface area (Å²) in [6.07, 6.45) is 9.91. The molecule has 0 atom stereocenters. The van der Waals surface area contributed by atoms with Crippen molar-refractivity contribution in [1.82, 2.24) is 14.6 Å². The van der Waals surface area contributed by atoms with Gasteiger partial charge in [-0.3, -0.25) is 9.80 Å². The Bertz CT molecular complexity index is 1210. The minimum absolute atomic E-state index is 0.102. The molecule has 0 unspecified atom stereocenters. The van der Waals surface area contributed by atoms with Gasteiger partial charge < -0.3 is 4.90 Å². The van der Waals surface area contributed by atoms with Crippen molar-refractivity contribution in [2.24, 2.45) is 0 Å². The molecule has 4 heterocycles. The lowest BCUT2D eigenvalue weighted by Gasteiger charge is -2.26. The van der Waals surface area contributed by atoms with Crippen LogP contribution < -0.4 is 15.5 Å². The van der Waals surface area contributed by atoms with E-state index in [1.54, 1.807) is 17.1 Å². The monoisotopic (exact) mass is 411 g/mol. The summed E-state index contributed by atoms with van der Waals surface area (Å²) < 4.78 is 1.68. The number of hydrogen-bond acceptors (Lipinski definition) is 5. The number of piperidine rings is 1. The van der Waals surface area contributed by atoms with E-state index in [1.165, 1.54) is 24.8 Å². The van der Waals surface area contributed by atoms with Gasteiger partial charge in [0.25, 0.3) is 5.56 Å². The van der Waals surface area contributed by atoms with Crippen LogP contribution in [0.4, 0.5) is 11.6 Å². The van der Waals surface area contributed by atoms with E-state index in [0.29, 0.717) is 11.1 Å². The van der Waals surface area contributed by atoms with Crippen LogP contribution in [0, 0.1) is 18.8 Å². The summed E-state index contributed by atoms with van der Waals surface area (Å²) in [5, 5.41) is 2.03. The number of nitrogens with zero attached hydrogens (tertiary/aromatic N) is 5. The maximum atomic E-state index is 13.2. The molecule has 2 aliphatic rings. The molecule has 0 amide bonds. The standard InChI is InChI=1S/C25H25N5O/c1-19-11-15-30(29-16-12-21-7-3-4-8-23(21)29)24(31)22(19)10-9-20-17-26-25(27-18-20)28-13-5-2-6-14-28/h3-4,7-8,11,15,17-18H,2,5-6,12-14,16H2,1H3. The Morgan fingerprint density at radius 2 is 1.71 bits per heavy atom. The van der Waals surface area contributed by atoms with Gasteiger partial charge in [-0.1, -0.05) is 30.0 Å². The van der Waals surface area contributed by atoms with Crippen molar-refractivity contribution in [3.63, 3.8) is 0 Å². The second-order valence-corrected chi connectivity index (χ2v) is 8.09. The molecule has 2 aromatic heterocycles. The van der Waals surface area contributed by atoms with Crippen LogP contribution in [-0.2, 0) is 6.42 Å². The Morgan fingerprint density at radius 1 is 0.935 bits per heavy atom. The van der Waals surface area contributed by atoms with Gasteiger partial charge in [0.15, 0.2) is 0 Å². The molecule has 0 radical (unpaired) electrons. The Kier molecular flexibility index (Phi) is 5.17. The number of rotatable bonds is 2. The Labute approximate surface area is 182 Å². The van der Waals surface area contributed by atoms with Crippen LogP contribution in [-0.4, -0.2) is 34.3 Å². The fraction of sp³-hybridized carbons (Fsp3) is 0.320. The summed E-state index contributed by atoms with van der Waals surface area (Å²) in [6.45, 7) is 4.71. The highest BCUT2D eigenvalue weighted by Crippen LogP contribution is 2.27. The van der Waals surface area contributed by atoms with Gasteiger partial charge in [0.1, 0.15) is 0 Å². The molecule has 0 N–H and O–H groups in total. The number of pyridine rings is 1. The van der Waals surface area contributed by atoms with Gasteiger partial charge in [-0.2, -0.15) is 0 Å². The fourth-order valence-corrected chi connectivity index (χ4v) is 4.28. The number of benzene rings is 1. The number of hydrogen-bond donors (Lipinski definition) is 0. The van der Waals surface area contributed by atoms with Crippen LogP contribution in [0.1, 0.15) is 41.5 Å². The summed E-state index contributed by atoms with van der Waals surface area (Å²) in [7, 11) is 0. The van der Waals surface area contributed by atoms with Gasteiger partial charge in [0.05, 0.1) is 16.8 Å². The van der Waals surface area contributed by atoms with Crippen LogP contribution >= 0.6 is 0 Å². The zero-order chi connectivity index (χ0) is 21.2. The molecule has 31 heavy (non-hydrogen) atoms. The Balaban J connectivity index is 1.43. The smallest absolute Gasteiger partial charge is 0.285 e. The molecule has 156 valence electrons. The summed E-state index contributed by atoms with van der Waals surface area (Å²) in [5.41, 5.74) is 4.32. The lowest BCUT2D eigenvalue weighted by atomic mass is 10.1. The lowest BCUT2D eigenvalue weighted by Crippen LogP contribution is -2.38. The molecule has 0 spiro atoms. The number of para-hydroxylation sites is 1. The normalized spacial score (nSPS) is 15.4. The molecule has 6 nitrogen and oxygen atoms in total. The molecule has 6 heteroatoms. The maximum Gasteiger partial charge on any atom is 0.285 e. The first-order chi connectivity index (χ1) is 15.2. The van der Waals surface area contributed by atoms with Gasteiger partial charge in [0.2, 0.25) is 5.95 Å². The predicted molar refractivity (Wildman–Crippen MR) is 122 cm³/mol. The van der Waals surface area contributed by atoms with E-state index in [9.17, 15) is 4.79 Å². The zero-order valence-corrected chi connectivity index (χ0v) is 17.7. The SMILES string of the molecule is Cc1ccn(N2CCc3ccccc32)c(=O)c1C#Cc1cnc(N2CCCCC2)nc1. The van der Waals surface area contributed by atoms with Crippen molar-refractivity contribution in [2.45, 2.75) is 32.6 Å². The van der Waals surface area contributed by atoms with Gasteiger partial charge in [-0.05, 0) is 55.9 Å². The van der Waals surface area contributed by atoms with Crippen LogP contribution in [0.15, 0.2) is 53.7 Å². The molecule has 2 aliphatic heterocycles. The van der Waals surface area contributed by atoms with Crippen molar-refractivity contribution in [1.29, 1.82) is 0 Å². The molecule has 0 bridgehead atoms. The van der Waals surface area contributed by atoms with E-state index in [0.717, 1.165) is 43.3 Å². The van der Waals surface area contributed by atoms with Crippen molar-refractivity contribution in [3.8, 4) is 11.8 Å². The van der Waals surface area contributed by atoms with Crippen LogP contribution in [0.2, 0.25) is 0 Å². The van der Waals surface area contributed by atoms with Gasteiger partial charge in [0, 0.05) is 38.2 Å². The lowest BCUT2D eigenvalue weighted by molar-refractivity contribution is 0.568. The molecule has 0 aliphatic carbocycles. The van der Waals surface area contributed by atoms with E-state index in [4.69, 9.17) is 0 Å². The van der Waals surface area contributed by atoms with Crippen LogP contribution in [0.25, 0.3) is 0 Å². The summed E-state index contributed by atoms with van der Waals surface area (Å²) in [5.74, 6) is 6.93. The van der Waals surface area contributed by atoms with Crippen LogP contribution in [0.5, 0.6) is 0 Å². The second kappa shape index (κ2) is 8.27. The highest BCUT2D eigenvalue weighted by molar-refractivity contribution is 5.58. The third-order valence-electron chi connectivity index (χ3n) is 6.01. The molecular formula is C25H25N5O. The third kappa shape index (κ3) is 3.79. The van der Waals surface area contributed by atoms with Crippen molar-refractivity contribution in [3.05, 3.63) is 81.5 Å². The first-order valence-corrected chi connectivity index (χ1v) is 10.9. The van der Waals surface area contributed by atoms with E-state index < -0.39 is 0 Å². The molecule has 1 saturated heterocycles. The van der Waals surface area contributed by atoms with E-state index in [-0.39, 0.29) is 5.56 Å². The molecule has 0 saturated carbocycles. The number of aromatic nitrogens is 3. The van der Waals surface area contributed by atoms with E-state index >= 15 is 0 Å². The van der Waals surface area contributed by atoms with Gasteiger partial charge >= 0.3 is 0 Å². The fourth-order valence-electron chi connectivity index (χ4n) is 4.28. The first kappa shape index (κ1) is 19.4. The van der Waals surface area contributed by atoms with Crippen LogP contribution in [0.3, 0.4) is 0 Å². The number of anilines is 2. The second-order valence-electron chi connectivity index (χ2n) is 8.09. The zero-order valence-electron chi connectivity index (χ0n) is 17.7. The molecule has 5 rings (SSSR count). The predicted octanol–water partition coefficient (Wildman–Crippen LogP) is 3.16. The Hall–Kier alpha value is -3.59. The molecule has 1 aromatic carbocycles. The average Bonchev–Trinajstić information content (AvgIpc) is 3.24. The van der Waals surface area contributed by atoms with Crippen molar-refractivity contribution >= 4 is 11.6 Å². The summed E-state index contributed by atoms with van der Waals surface area (Å²) >= 11 is 0. The average molecular weight is 412 g/mol. The summed E-state index contributed by atoms with van der Waals surface area (Å²) in [6, 6.07) is 10.2. The first-order valence-electron chi connectivity index (χ1n) is 10.9. The van der Waals surface area contributed by atoms with Crippen molar-refractivity contribution in [2.75, 3.05) is 29.5 Å². The molecular weight excluding hydrogens is 386 g/mol. The van der Waals surface area contributed by atoms with Gasteiger partial charge in [-0.25, -0.2) is 14.6 Å². The third-order valence-corrected chi connectivity index (χ3v) is 6.01. The highest BCUT2D eigenvalue weighted by atomic mass is 16.1. The maximum absolute atomic E-state index is 13.2. The number of fused-ring (bicyclic) bond motifs is 1. The topological polar surface area (TPSA) is 54.3 Å². The van der Waals surface area contributed by atoms with Crippen molar-refractivity contribution < 1.29 is 0 Å². The quantitative estimate of drug-likeness (QED) is 0.607. The summed E-state index contributed by atoms with van der Waals surface area (Å²) in [4.78, 5) is 24.4. The van der Waals surface area contributed by atoms with Gasteiger partial charge in [-0.15, -0.1) is 0 Å². The molecule has 1 fully saturated rings. The van der Waals surface area contributed by atoms with E-state index in [2.05, 4.69) is 38.8 Å². The minimum atomic E-state index is -0.102. The Morgan fingerprint density at radius 3 is 2.52 bits per heavy atom. The van der Waals surface area contributed by atoms with E-state index in [1.807, 2.05) is 36.3 Å². The molecule has 3 aromatic rings. The minimum Gasteiger partial charge on any atom is -0.341 e. The highest BCUT2D eigenvalue weighted by Gasteiger charge is 2.21. The number of aryl methyl sites for hydroxylation is 1.